The minimum atomic E-state index is -0.558. The van der Waals surface area contributed by atoms with Crippen LogP contribution in [0.3, 0.4) is 0 Å². The Hall–Kier alpha value is -2.35. The Morgan fingerprint density at radius 2 is 1.88 bits per heavy atom. The van der Waals surface area contributed by atoms with Crippen molar-refractivity contribution in [2.75, 3.05) is 6.61 Å². The fourth-order valence-electron chi connectivity index (χ4n) is 1.89. The van der Waals surface area contributed by atoms with Gasteiger partial charge >= 0.3 is 0 Å². The molecule has 0 heterocycles. The monoisotopic (exact) mass is 415 g/mol. The number of hydrogen-bond donors (Lipinski definition) is 1. The second-order valence-corrected chi connectivity index (χ2v) is 6.28. The van der Waals surface area contributed by atoms with Crippen LogP contribution in [0.4, 0.5) is 5.69 Å². The summed E-state index contributed by atoms with van der Waals surface area (Å²) in [6.45, 7) is 1.22. The highest BCUT2D eigenvalue weighted by Crippen LogP contribution is 2.35. The lowest BCUT2D eigenvalue weighted by atomic mass is 10.1. The number of hydrogen-bond acceptors (Lipinski definition) is 5. The van der Waals surface area contributed by atoms with Crippen molar-refractivity contribution in [1.29, 1.82) is 0 Å². The van der Waals surface area contributed by atoms with E-state index in [-0.39, 0.29) is 28.1 Å². The van der Waals surface area contributed by atoms with E-state index in [0.29, 0.717) is 16.3 Å². The normalized spacial score (nSPS) is 11.2. The third-order valence-electron chi connectivity index (χ3n) is 3.13. The van der Waals surface area contributed by atoms with Crippen molar-refractivity contribution in [3.8, 4) is 5.75 Å². The van der Waals surface area contributed by atoms with Crippen LogP contribution in [0.1, 0.15) is 12.5 Å². The molecule has 1 amide bonds. The highest BCUT2D eigenvalue weighted by molar-refractivity contribution is 6.40. The summed E-state index contributed by atoms with van der Waals surface area (Å²) in [4.78, 5) is 22.1. The average Bonchev–Trinajstić information content (AvgIpc) is 2.58. The molecule has 0 aromatic heterocycles. The standard InChI is InChI=1S/C16H12Cl3N3O4/c1-9(10-3-2-4-12(5-10)22(24)25)20-21-15(23)8-26-16-13(18)6-11(17)7-14(16)19/h2-7H,8H2,1H3,(H,21,23)/b20-9-. The number of nitro groups is 1. The van der Waals surface area contributed by atoms with E-state index < -0.39 is 10.8 Å². The van der Waals surface area contributed by atoms with Gasteiger partial charge in [0.25, 0.3) is 11.6 Å². The van der Waals surface area contributed by atoms with E-state index in [1.807, 2.05) is 0 Å². The number of rotatable bonds is 6. The number of carbonyl (C=O) groups excluding carboxylic acids is 1. The van der Waals surface area contributed by atoms with Crippen LogP contribution < -0.4 is 10.2 Å². The van der Waals surface area contributed by atoms with Gasteiger partial charge in [0.15, 0.2) is 12.4 Å². The molecule has 2 aromatic rings. The largest absolute Gasteiger partial charge is 0.481 e. The minimum Gasteiger partial charge on any atom is -0.481 e. The Balaban J connectivity index is 1.99. The zero-order valence-corrected chi connectivity index (χ0v) is 15.6. The van der Waals surface area contributed by atoms with Crippen molar-refractivity contribution in [3.05, 3.63) is 67.1 Å². The van der Waals surface area contributed by atoms with Gasteiger partial charge < -0.3 is 4.74 Å². The number of non-ortho nitro benzene ring substituents is 1. The molecular formula is C16H12Cl3N3O4. The van der Waals surface area contributed by atoms with Crippen molar-refractivity contribution < 1.29 is 14.5 Å². The average molecular weight is 417 g/mol. The highest BCUT2D eigenvalue weighted by Gasteiger charge is 2.12. The first-order valence-electron chi connectivity index (χ1n) is 7.13. The van der Waals surface area contributed by atoms with Crippen molar-refractivity contribution in [1.82, 2.24) is 5.43 Å². The van der Waals surface area contributed by atoms with Gasteiger partial charge in [0.2, 0.25) is 0 Å². The van der Waals surface area contributed by atoms with Crippen molar-refractivity contribution in [2.24, 2.45) is 5.10 Å². The summed E-state index contributed by atoms with van der Waals surface area (Å²) in [7, 11) is 0. The van der Waals surface area contributed by atoms with Crippen molar-refractivity contribution >= 4 is 52.1 Å². The Morgan fingerprint density at radius 1 is 1.23 bits per heavy atom. The van der Waals surface area contributed by atoms with E-state index in [9.17, 15) is 14.9 Å². The van der Waals surface area contributed by atoms with Gasteiger partial charge in [0, 0.05) is 22.7 Å². The Kier molecular flexibility index (Phi) is 6.79. The lowest BCUT2D eigenvalue weighted by molar-refractivity contribution is -0.384. The van der Waals surface area contributed by atoms with Crippen LogP contribution in [-0.2, 0) is 4.79 Å². The van der Waals surface area contributed by atoms with Gasteiger partial charge in [0.1, 0.15) is 0 Å². The molecule has 2 aromatic carbocycles. The van der Waals surface area contributed by atoms with E-state index >= 15 is 0 Å². The molecule has 0 bridgehead atoms. The van der Waals surface area contributed by atoms with E-state index in [2.05, 4.69) is 10.5 Å². The third-order valence-corrected chi connectivity index (χ3v) is 3.91. The molecule has 10 heteroatoms. The first-order valence-corrected chi connectivity index (χ1v) is 8.26. The van der Waals surface area contributed by atoms with Gasteiger partial charge in [-0.3, -0.25) is 14.9 Å². The topological polar surface area (TPSA) is 93.8 Å². The van der Waals surface area contributed by atoms with Crippen LogP contribution in [-0.4, -0.2) is 23.1 Å². The van der Waals surface area contributed by atoms with Crippen molar-refractivity contribution in [3.63, 3.8) is 0 Å². The number of nitrogens with one attached hydrogen (secondary N) is 1. The lowest BCUT2D eigenvalue weighted by Gasteiger charge is -2.09. The Bertz CT molecular complexity index is 864. The predicted octanol–water partition coefficient (Wildman–Crippen LogP) is 4.47. The Morgan fingerprint density at radius 3 is 2.50 bits per heavy atom. The predicted molar refractivity (Wildman–Crippen MR) is 100 cm³/mol. The molecule has 0 aliphatic rings. The number of nitro benzene ring substituents is 1. The fraction of sp³-hybridized carbons (Fsp3) is 0.125. The van der Waals surface area contributed by atoms with Gasteiger partial charge in [0.05, 0.1) is 20.7 Å². The smallest absolute Gasteiger partial charge is 0.277 e. The molecule has 0 radical (unpaired) electrons. The van der Waals surface area contributed by atoms with Crippen LogP contribution in [0.15, 0.2) is 41.5 Å². The molecule has 136 valence electrons. The molecule has 0 aliphatic heterocycles. The summed E-state index contributed by atoms with van der Waals surface area (Å²) in [5.74, 6) is -0.427. The van der Waals surface area contributed by atoms with Gasteiger partial charge in [-0.15, -0.1) is 0 Å². The Labute approximate surface area is 163 Å². The molecule has 7 nitrogen and oxygen atoms in total. The fourth-order valence-corrected chi connectivity index (χ4v) is 2.82. The summed E-state index contributed by atoms with van der Waals surface area (Å²) < 4.78 is 5.28. The molecule has 0 saturated heterocycles. The van der Waals surface area contributed by atoms with E-state index in [1.54, 1.807) is 13.0 Å². The maximum atomic E-state index is 11.9. The number of ether oxygens (including phenoxy) is 1. The van der Waals surface area contributed by atoms with Gasteiger partial charge in [-0.1, -0.05) is 46.9 Å². The second-order valence-electron chi connectivity index (χ2n) is 5.03. The SMILES string of the molecule is C/C(=N/NC(=O)COc1c(Cl)cc(Cl)cc1Cl)c1cccc([N+](=O)[O-])c1. The molecule has 0 fully saturated rings. The molecule has 26 heavy (non-hydrogen) atoms. The molecule has 0 spiro atoms. The summed E-state index contributed by atoms with van der Waals surface area (Å²) in [5.41, 5.74) is 3.12. The van der Waals surface area contributed by atoms with E-state index in [4.69, 9.17) is 39.5 Å². The summed E-state index contributed by atoms with van der Waals surface area (Å²) in [5, 5.41) is 15.4. The van der Waals surface area contributed by atoms with Crippen LogP contribution >= 0.6 is 34.8 Å². The number of halogens is 3. The van der Waals surface area contributed by atoms with E-state index in [1.165, 1.54) is 30.3 Å². The number of nitrogens with zero attached hydrogens (tertiary/aromatic N) is 2. The number of benzene rings is 2. The van der Waals surface area contributed by atoms with Gasteiger partial charge in [-0.2, -0.15) is 5.10 Å². The maximum Gasteiger partial charge on any atom is 0.277 e. The van der Waals surface area contributed by atoms with Gasteiger partial charge in [-0.25, -0.2) is 5.43 Å². The third kappa shape index (κ3) is 5.32. The lowest BCUT2D eigenvalue weighted by Crippen LogP contribution is -2.25. The molecule has 1 N–H and O–H groups in total. The van der Waals surface area contributed by atoms with Crippen LogP contribution in [0.2, 0.25) is 15.1 Å². The van der Waals surface area contributed by atoms with Crippen LogP contribution in [0.5, 0.6) is 5.75 Å². The van der Waals surface area contributed by atoms with Gasteiger partial charge in [-0.05, 0) is 19.1 Å². The first-order chi connectivity index (χ1) is 12.3. The quantitative estimate of drug-likeness (QED) is 0.427. The minimum absolute atomic E-state index is 0.0706. The number of carbonyl (C=O) groups is 1. The zero-order valence-electron chi connectivity index (χ0n) is 13.3. The van der Waals surface area contributed by atoms with Crippen LogP contribution in [0.25, 0.3) is 0 Å². The summed E-state index contributed by atoms with van der Waals surface area (Å²) >= 11 is 17.7. The zero-order chi connectivity index (χ0) is 19.3. The summed E-state index contributed by atoms with van der Waals surface area (Å²) in [6, 6.07) is 8.76. The number of hydrazone groups is 1. The summed E-state index contributed by atoms with van der Waals surface area (Å²) in [6.07, 6.45) is 0. The molecular weight excluding hydrogens is 405 g/mol. The highest BCUT2D eigenvalue weighted by atomic mass is 35.5. The van der Waals surface area contributed by atoms with Crippen LogP contribution in [0, 0.1) is 10.1 Å². The molecule has 0 aliphatic carbocycles. The molecule has 0 saturated carbocycles. The maximum absolute atomic E-state index is 11.9. The number of amides is 1. The molecule has 2 rings (SSSR count). The van der Waals surface area contributed by atoms with Crippen molar-refractivity contribution in [2.45, 2.75) is 6.92 Å². The second kappa shape index (κ2) is 8.84. The molecule has 0 unspecified atom stereocenters. The van der Waals surface area contributed by atoms with E-state index in [0.717, 1.165) is 0 Å². The first kappa shape index (κ1) is 20.0. The molecule has 0 atom stereocenters.